The quantitative estimate of drug-likeness (QED) is 0.797. The molecule has 5 heteroatoms. The third-order valence-electron chi connectivity index (χ3n) is 2.83. The van der Waals surface area contributed by atoms with Crippen molar-refractivity contribution in [2.75, 3.05) is 13.1 Å². The van der Waals surface area contributed by atoms with Gasteiger partial charge in [0.2, 0.25) is 0 Å². The fourth-order valence-corrected chi connectivity index (χ4v) is 1.78. The first-order chi connectivity index (χ1) is 8.47. The van der Waals surface area contributed by atoms with Crippen molar-refractivity contribution in [1.82, 2.24) is 14.7 Å². The Balaban J connectivity index is 2.88. The van der Waals surface area contributed by atoms with Gasteiger partial charge in [0, 0.05) is 25.8 Å². The summed E-state index contributed by atoms with van der Waals surface area (Å²) in [5, 5.41) is 12.7. The number of hydrogen-bond donors (Lipinski definition) is 0. The zero-order valence-electron chi connectivity index (χ0n) is 11.5. The van der Waals surface area contributed by atoms with E-state index in [1.54, 1.807) is 15.8 Å². The summed E-state index contributed by atoms with van der Waals surface area (Å²) >= 11 is 0. The molecule has 0 aliphatic rings. The zero-order chi connectivity index (χ0) is 13.7. The Hall–Kier alpha value is -1.83. The molecule has 98 valence electrons. The van der Waals surface area contributed by atoms with Crippen molar-refractivity contribution in [2.45, 2.75) is 27.2 Å². The molecule has 0 fully saturated rings. The van der Waals surface area contributed by atoms with Gasteiger partial charge >= 0.3 is 0 Å². The molecule has 0 aliphatic carbocycles. The summed E-state index contributed by atoms with van der Waals surface area (Å²) in [5.41, 5.74) is 1.47. The van der Waals surface area contributed by atoms with Gasteiger partial charge in [-0.25, -0.2) is 0 Å². The molecule has 0 saturated heterocycles. The molecule has 0 bridgehead atoms. The number of rotatable bonds is 5. The molecule has 0 spiro atoms. The first kappa shape index (κ1) is 14.2. The standard InChI is InChI=1S/C13H20N4O/c1-10(2)9-17(7-5-6-14)13(18)12-8-15-16(4)11(12)3/h8,10H,5,7,9H2,1-4H3. The van der Waals surface area contributed by atoms with Crippen LogP contribution in [-0.4, -0.2) is 33.7 Å². The minimum absolute atomic E-state index is 0.0375. The second-order valence-electron chi connectivity index (χ2n) is 4.82. The van der Waals surface area contributed by atoms with Crippen molar-refractivity contribution in [3.05, 3.63) is 17.5 Å². The number of aromatic nitrogens is 2. The number of nitriles is 1. The van der Waals surface area contributed by atoms with Crippen molar-refractivity contribution in [1.29, 1.82) is 5.26 Å². The van der Waals surface area contributed by atoms with E-state index in [9.17, 15) is 4.79 Å². The maximum absolute atomic E-state index is 12.4. The Morgan fingerprint density at radius 1 is 1.61 bits per heavy atom. The van der Waals surface area contributed by atoms with E-state index in [1.165, 1.54) is 0 Å². The van der Waals surface area contributed by atoms with Gasteiger partial charge in [-0.2, -0.15) is 10.4 Å². The molecule has 0 atom stereocenters. The molecule has 1 rings (SSSR count). The maximum Gasteiger partial charge on any atom is 0.257 e. The fourth-order valence-electron chi connectivity index (χ4n) is 1.78. The third-order valence-corrected chi connectivity index (χ3v) is 2.83. The van der Waals surface area contributed by atoms with E-state index in [0.717, 1.165) is 5.69 Å². The summed E-state index contributed by atoms with van der Waals surface area (Å²) in [4.78, 5) is 14.1. The van der Waals surface area contributed by atoms with Crippen LogP contribution in [0.4, 0.5) is 0 Å². The summed E-state index contributed by atoms with van der Waals surface area (Å²) in [6.07, 6.45) is 1.95. The fraction of sp³-hybridized carbons (Fsp3) is 0.615. The van der Waals surface area contributed by atoms with Gasteiger partial charge in [-0.1, -0.05) is 13.8 Å². The zero-order valence-corrected chi connectivity index (χ0v) is 11.5. The highest BCUT2D eigenvalue weighted by Crippen LogP contribution is 2.11. The molecule has 0 N–H and O–H groups in total. The first-order valence-corrected chi connectivity index (χ1v) is 6.12. The molecule has 1 aromatic rings. The number of nitrogens with zero attached hydrogens (tertiary/aromatic N) is 4. The normalized spacial score (nSPS) is 10.4. The Morgan fingerprint density at radius 3 is 2.72 bits per heavy atom. The lowest BCUT2D eigenvalue weighted by Gasteiger charge is -2.23. The van der Waals surface area contributed by atoms with Crippen molar-refractivity contribution >= 4 is 5.91 Å². The predicted molar refractivity (Wildman–Crippen MR) is 68.9 cm³/mol. The van der Waals surface area contributed by atoms with Crippen LogP contribution >= 0.6 is 0 Å². The molecule has 0 saturated carbocycles. The number of carbonyl (C=O) groups is 1. The van der Waals surface area contributed by atoms with Crippen LogP contribution in [0, 0.1) is 24.2 Å². The van der Waals surface area contributed by atoms with Crippen molar-refractivity contribution < 1.29 is 4.79 Å². The smallest absolute Gasteiger partial charge is 0.257 e. The van der Waals surface area contributed by atoms with Gasteiger partial charge in [0.05, 0.1) is 24.3 Å². The van der Waals surface area contributed by atoms with Gasteiger partial charge in [0.1, 0.15) is 0 Å². The van der Waals surface area contributed by atoms with Crippen LogP contribution in [0.1, 0.15) is 36.3 Å². The lowest BCUT2D eigenvalue weighted by molar-refractivity contribution is 0.0739. The van der Waals surface area contributed by atoms with Gasteiger partial charge in [0.25, 0.3) is 5.91 Å². The van der Waals surface area contributed by atoms with Crippen LogP contribution < -0.4 is 0 Å². The van der Waals surface area contributed by atoms with E-state index >= 15 is 0 Å². The molecule has 1 aromatic heterocycles. The Kier molecular flexibility index (Phi) is 4.90. The van der Waals surface area contributed by atoms with Crippen LogP contribution in [-0.2, 0) is 7.05 Å². The minimum atomic E-state index is -0.0375. The van der Waals surface area contributed by atoms with Crippen LogP contribution in [0.5, 0.6) is 0 Å². The summed E-state index contributed by atoms with van der Waals surface area (Å²) in [6, 6.07) is 2.08. The van der Waals surface area contributed by atoms with Gasteiger partial charge in [0.15, 0.2) is 0 Å². The molecular weight excluding hydrogens is 228 g/mol. The Labute approximate surface area is 108 Å². The molecule has 18 heavy (non-hydrogen) atoms. The molecule has 1 amide bonds. The van der Waals surface area contributed by atoms with Crippen molar-refractivity contribution in [3.63, 3.8) is 0 Å². The van der Waals surface area contributed by atoms with Gasteiger partial charge in [-0.05, 0) is 12.8 Å². The topological polar surface area (TPSA) is 61.9 Å². The Morgan fingerprint density at radius 2 is 2.28 bits per heavy atom. The second kappa shape index (κ2) is 6.20. The van der Waals surface area contributed by atoms with Crippen LogP contribution in [0.15, 0.2) is 6.20 Å². The van der Waals surface area contributed by atoms with Gasteiger partial charge in [-0.15, -0.1) is 0 Å². The Bertz CT molecular complexity index is 456. The largest absolute Gasteiger partial charge is 0.337 e. The van der Waals surface area contributed by atoms with Crippen LogP contribution in [0.25, 0.3) is 0 Å². The molecule has 5 nitrogen and oxygen atoms in total. The second-order valence-corrected chi connectivity index (χ2v) is 4.82. The highest BCUT2D eigenvalue weighted by Gasteiger charge is 2.20. The van der Waals surface area contributed by atoms with Gasteiger partial charge in [-0.3, -0.25) is 9.48 Å². The highest BCUT2D eigenvalue weighted by atomic mass is 16.2. The minimum Gasteiger partial charge on any atom is -0.337 e. The van der Waals surface area contributed by atoms with Crippen LogP contribution in [0.3, 0.4) is 0 Å². The average Bonchev–Trinajstić information content (AvgIpc) is 2.64. The monoisotopic (exact) mass is 248 g/mol. The number of aryl methyl sites for hydroxylation is 1. The average molecular weight is 248 g/mol. The SMILES string of the molecule is Cc1c(C(=O)N(CCC#N)CC(C)C)cnn1C. The summed E-state index contributed by atoms with van der Waals surface area (Å²) < 4.78 is 1.69. The van der Waals surface area contributed by atoms with E-state index in [2.05, 4.69) is 25.0 Å². The molecule has 1 heterocycles. The van der Waals surface area contributed by atoms with E-state index in [-0.39, 0.29) is 5.91 Å². The first-order valence-electron chi connectivity index (χ1n) is 6.12. The van der Waals surface area contributed by atoms with E-state index < -0.39 is 0 Å². The highest BCUT2D eigenvalue weighted by molar-refractivity contribution is 5.95. The summed E-state index contributed by atoms with van der Waals surface area (Å²) in [7, 11) is 1.81. The number of hydrogen-bond acceptors (Lipinski definition) is 3. The molecule has 0 aliphatic heterocycles. The molecule has 0 aromatic carbocycles. The summed E-state index contributed by atoms with van der Waals surface area (Å²) in [5.74, 6) is 0.342. The third kappa shape index (κ3) is 3.33. The van der Waals surface area contributed by atoms with Gasteiger partial charge < -0.3 is 4.90 Å². The maximum atomic E-state index is 12.4. The van der Waals surface area contributed by atoms with E-state index in [4.69, 9.17) is 5.26 Å². The predicted octanol–water partition coefficient (Wildman–Crippen LogP) is 1.74. The molecular formula is C13H20N4O. The summed E-state index contributed by atoms with van der Waals surface area (Å²) in [6.45, 7) is 7.13. The number of carbonyl (C=O) groups excluding carboxylic acids is 1. The van der Waals surface area contributed by atoms with E-state index in [0.29, 0.717) is 31.0 Å². The van der Waals surface area contributed by atoms with Crippen LogP contribution in [0.2, 0.25) is 0 Å². The molecule has 0 unspecified atom stereocenters. The van der Waals surface area contributed by atoms with Crippen molar-refractivity contribution in [3.8, 4) is 6.07 Å². The lowest BCUT2D eigenvalue weighted by atomic mass is 10.1. The van der Waals surface area contributed by atoms with Crippen molar-refractivity contribution in [2.24, 2.45) is 13.0 Å². The lowest BCUT2D eigenvalue weighted by Crippen LogP contribution is -2.35. The molecule has 0 radical (unpaired) electrons. The van der Waals surface area contributed by atoms with E-state index in [1.807, 2.05) is 14.0 Å². The number of amides is 1.